The van der Waals surface area contributed by atoms with Crippen molar-refractivity contribution in [2.75, 3.05) is 11.4 Å². The molecule has 4 rings (SSSR count). The molecule has 29 heavy (non-hydrogen) atoms. The molecule has 0 aromatic heterocycles. The quantitative estimate of drug-likeness (QED) is 0.798. The molecule has 2 amide bonds. The van der Waals surface area contributed by atoms with Gasteiger partial charge >= 0.3 is 0 Å². The molecule has 1 heterocycles. The summed E-state index contributed by atoms with van der Waals surface area (Å²) in [5, 5.41) is 3.14. The standard InChI is InChI=1S/C24H26N2O3/c1-17-9-5-6-12-19(17)25-23(27)16-26-20-13-7-8-14-21(20)29-22(24(26)28)15-18-10-3-2-4-11-18/h2-4,7-8,10-11,13-15,17,19H,5-6,9,12,16H2,1H3,(H,25,27)/b22-15+/t17-,19+/m0/s1. The van der Waals surface area contributed by atoms with Crippen LogP contribution in [0.5, 0.6) is 5.75 Å². The third kappa shape index (κ3) is 4.34. The van der Waals surface area contributed by atoms with E-state index in [4.69, 9.17) is 4.74 Å². The summed E-state index contributed by atoms with van der Waals surface area (Å²) >= 11 is 0. The van der Waals surface area contributed by atoms with Crippen LogP contribution in [0.3, 0.4) is 0 Å². The zero-order valence-electron chi connectivity index (χ0n) is 16.6. The monoisotopic (exact) mass is 390 g/mol. The Kier molecular flexibility index (Phi) is 5.65. The van der Waals surface area contributed by atoms with Gasteiger partial charge in [-0.05, 0) is 42.5 Å². The summed E-state index contributed by atoms with van der Waals surface area (Å²) < 4.78 is 5.87. The number of nitrogens with zero attached hydrogens (tertiary/aromatic N) is 1. The van der Waals surface area contributed by atoms with Gasteiger partial charge in [0.05, 0.1) is 5.69 Å². The Hall–Kier alpha value is -3.08. The second-order valence-electron chi connectivity index (χ2n) is 7.82. The van der Waals surface area contributed by atoms with Gasteiger partial charge in [0, 0.05) is 6.04 Å². The molecular weight excluding hydrogens is 364 g/mol. The van der Waals surface area contributed by atoms with Crippen molar-refractivity contribution in [2.24, 2.45) is 5.92 Å². The van der Waals surface area contributed by atoms with E-state index in [0.717, 1.165) is 24.8 Å². The number of hydrogen-bond donors (Lipinski definition) is 1. The maximum Gasteiger partial charge on any atom is 0.294 e. The first kappa shape index (κ1) is 19.2. The van der Waals surface area contributed by atoms with Gasteiger partial charge in [-0.25, -0.2) is 0 Å². The minimum absolute atomic E-state index is 0.0193. The topological polar surface area (TPSA) is 58.6 Å². The Balaban J connectivity index is 1.56. The molecule has 0 bridgehead atoms. The van der Waals surface area contributed by atoms with E-state index in [-0.39, 0.29) is 30.2 Å². The van der Waals surface area contributed by atoms with E-state index in [9.17, 15) is 9.59 Å². The number of amides is 2. The molecule has 1 aliphatic carbocycles. The Bertz CT molecular complexity index is 923. The van der Waals surface area contributed by atoms with Crippen LogP contribution in [0.15, 0.2) is 60.4 Å². The molecule has 5 nitrogen and oxygen atoms in total. The van der Waals surface area contributed by atoms with Crippen molar-refractivity contribution in [3.05, 3.63) is 65.9 Å². The summed E-state index contributed by atoms with van der Waals surface area (Å²) in [7, 11) is 0. The Labute approximate surface area is 171 Å². The molecule has 1 N–H and O–H groups in total. The number of hydrogen-bond acceptors (Lipinski definition) is 3. The molecule has 2 aromatic carbocycles. The molecule has 5 heteroatoms. The first-order valence-electron chi connectivity index (χ1n) is 10.3. The van der Waals surface area contributed by atoms with Crippen LogP contribution in [0.4, 0.5) is 5.69 Å². The number of rotatable bonds is 4. The number of para-hydroxylation sites is 2. The molecule has 2 atom stereocenters. The van der Waals surface area contributed by atoms with Gasteiger partial charge in [0.2, 0.25) is 5.91 Å². The number of ether oxygens (including phenoxy) is 1. The average Bonchev–Trinajstić information content (AvgIpc) is 2.73. The molecule has 1 fully saturated rings. The smallest absolute Gasteiger partial charge is 0.294 e. The average molecular weight is 390 g/mol. The predicted molar refractivity (Wildman–Crippen MR) is 113 cm³/mol. The first-order chi connectivity index (χ1) is 14.1. The van der Waals surface area contributed by atoms with Crippen LogP contribution in [0, 0.1) is 5.92 Å². The molecule has 1 saturated carbocycles. The largest absolute Gasteiger partial charge is 0.449 e. The minimum Gasteiger partial charge on any atom is -0.449 e. The third-order valence-electron chi connectivity index (χ3n) is 5.69. The molecule has 1 aliphatic heterocycles. The zero-order valence-corrected chi connectivity index (χ0v) is 16.6. The third-order valence-corrected chi connectivity index (χ3v) is 5.69. The van der Waals surface area contributed by atoms with E-state index in [1.165, 1.54) is 11.3 Å². The van der Waals surface area contributed by atoms with E-state index >= 15 is 0 Å². The Morgan fingerprint density at radius 1 is 1.10 bits per heavy atom. The summed E-state index contributed by atoms with van der Waals surface area (Å²) in [4.78, 5) is 27.4. The SMILES string of the molecule is C[C@H]1CCCC[C@H]1NC(=O)CN1C(=O)/C(=C\c2ccccc2)Oc2ccccc21. The highest BCUT2D eigenvalue weighted by Gasteiger charge is 2.32. The van der Waals surface area contributed by atoms with Crippen molar-refractivity contribution >= 4 is 23.6 Å². The van der Waals surface area contributed by atoms with Gasteiger partial charge in [0.15, 0.2) is 11.5 Å². The van der Waals surface area contributed by atoms with E-state index < -0.39 is 0 Å². The maximum absolute atomic E-state index is 13.1. The van der Waals surface area contributed by atoms with Gasteiger partial charge in [-0.3, -0.25) is 14.5 Å². The fraction of sp³-hybridized carbons (Fsp3) is 0.333. The Morgan fingerprint density at radius 2 is 1.83 bits per heavy atom. The number of benzene rings is 2. The second kappa shape index (κ2) is 8.52. The fourth-order valence-corrected chi connectivity index (χ4v) is 4.05. The summed E-state index contributed by atoms with van der Waals surface area (Å²) in [6.45, 7) is 2.16. The predicted octanol–water partition coefficient (Wildman–Crippen LogP) is 4.15. The van der Waals surface area contributed by atoms with Crippen LogP contribution < -0.4 is 15.0 Å². The van der Waals surface area contributed by atoms with Crippen molar-refractivity contribution in [1.29, 1.82) is 0 Å². The van der Waals surface area contributed by atoms with Crippen molar-refractivity contribution in [2.45, 2.75) is 38.6 Å². The number of fused-ring (bicyclic) bond motifs is 1. The van der Waals surface area contributed by atoms with Gasteiger partial charge in [-0.15, -0.1) is 0 Å². The normalized spacial score (nSPS) is 22.7. The summed E-state index contributed by atoms with van der Waals surface area (Å²) in [6.07, 6.45) is 6.20. The Morgan fingerprint density at radius 3 is 2.62 bits per heavy atom. The molecule has 0 saturated heterocycles. The molecule has 2 aromatic rings. The van der Waals surface area contributed by atoms with Crippen LogP contribution >= 0.6 is 0 Å². The fourth-order valence-electron chi connectivity index (χ4n) is 4.05. The van der Waals surface area contributed by atoms with Crippen LogP contribution in [0.1, 0.15) is 38.2 Å². The van der Waals surface area contributed by atoms with Crippen LogP contribution in [0.25, 0.3) is 6.08 Å². The van der Waals surface area contributed by atoms with Crippen LogP contribution in [-0.4, -0.2) is 24.4 Å². The number of carbonyl (C=O) groups is 2. The van der Waals surface area contributed by atoms with Crippen molar-refractivity contribution in [1.82, 2.24) is 5.32 Å². The molecule has 0 unspecified atom stereocenters. The zero-order chi connectivity index (χ0) is 20.2. The van der Waals surface area contributed by atoms with Crippen molar-refractivity contribution in [3.8, 4) is 5.75 Å². The van der Waals surface area contributed by atoms with E-state index in [2.05, 4.69) is 12.2 Å². The number of anilines is 1. The summed E-state index contributed by atoms with van der Waals surface area (Å²) in [6, 6.07) is 17.1. The molecular formula is C24H26N2O3. The number of carbonyl (C=O) groups excluding carboxylic acids is 2. The highest BCUT2D eigenvalue weighted by atomic mass is 16.5. The van der Waals surface area contributed by atoms with Crippen molar-refractivity contribution in [3.63, 3.8) is 0 Å². The highest BCUT2D eigenvalue weighted by molar-refractivity contribution is 6.12. The lowest BCUT2D eigenvalue weighted by atomic mass is 9.86. The van der Waals surface area contributed by atoms with E-state index in [0.29, 0.717) is 17.4 Å². The summed E-state index contributed by atoms with van der Waals surface area (Å²) in [5.41, 5.74) is 1.49. The van der Waals surface area contributed by atoms with E-state index in [1.807, 2.05) is 54.6 Å². The molecule has 150 valence electrons. The first-order valence-corrected chi connectivity index (χ1v) is 10.3. The van der Waals surface area contributed by atoms with Gasteiger partial charge in [-0.2, -0.15) is 0 Å². The van der Waals surface area contributed by atoms with Gasteiger partial charge in [0.25, 0.3) is 5.91 Å². The maximum atomic E-state index is 13.1. The minimum atomic E-state index is -0.306. The number of nitrogens with one attached hydrogen (secondary N) is 1. The van der Waals surface area contributed by atoms with E-state index in [1.54, 1.807) is 6.08 Å². The molecule has 0 spiro atoms. The van der Waals surface area contributed by atoms with Gasteiger partial charge in [-0.1, -0.05) is 62.2 Å². The lowest BCUT2D eigenvalue weighted by Crippen LogP contribution is -2.48. The van der Waals surface area contributed by atoms with Crippen molar-refractivity contribution < 1.29 is 14.3 Å². The highest BCUT2D eigenvalue weighted by Crippen LogP contribution is 2.35. The van der Waals surface area contributed by atoms with Gasteiger partial charge < -0.3 is 10.1 Å². The summed E-state index contributed by atoms with van der Waals surface area (Å²) in [5.74, 6) is 0.822. The van der Waals surface area contributed by atoms with Crippen LogP contribution in [-0.2, 0) is 9.59 Å². The lowest BCUT2D eigenvalue weighted by Gasteiger charge is -2.32. The second-order valence-corrected chi connectivity index (χ2v) is 7.82. The lowest BCUT2D eigenvalue weighted by molar-refractivity contribution is -0.124. The molecule has 0 radical (unpaired) electrons. The van der Waals surface area contributed by atoms with Crippen LogP contribution in [0.2, 0.25) is 0 Å². The molecule has 2 aliphatic rings. The van der Waals surface area contributed by atoms with Gasteiger partial charge in [0.1, 0.15) is 6.54 Å².